The fourth-order valence-electron chi connectivity index (χ4n) is 3.93. The van der Waals surface area contributed by atoms with E-state index in [0.717, 1.165) is 41.1 Å². The van der Waals surface area contributed by atoms with Crippen molar-refractivity contribution in [1.29, 1.82) is 0 Å². The number of thiophene rings is 1. The Labute approximate surface area is 179 Å². The van der Waals surface area contributed by atoms with E-state index in [9.17, 15) is 4.79 Å². The molecule has 4 aromatic rings. The number of aromatic nitrogens is 3. The predicted molar refractivity (Wildman–Crippen MR) is 121 cm³/mol. The number of fused-ring (bicyclic) bond motifs is 1. The fraction of sp³-hybridized carbons (Fsp3) is 0.261. The van der Waals surface area contributed by atoms with Crippen molar-refractivity contribution < 1.29 is 4.79 Å². The number of anilines is 1. The third kappa shape index (κ3) is 3.35. The second kappa shape index (κ2) is 7.57. The molecule has 1 aliphatic rings. The largest absolute Gasteiger partial charge is 0.353 e. The Morgan fingerprint density at radius 3 is 2.60 bits per heavy atom. The first kappa shape index (κ1) is 18.8. The van der Waals surface area contributed by atoms with Crippen molar-refractivity contribution in [3.05, 3.63) is 64.6 Å². The van der Waals surface area contributed by atoms with Gasteiger partial charge in [0.05, 0.1) is 5.52 Å². The number of pyridine rings is 1. The summed E-state index contributed by atoms with van der Waals surface area (Å²) in [6.45, 7) is 4.81. The first-order chi connectivity index (χ1) is 14.6. The van der Waals surface area contributed by atoms with E-state index in [4.69, 9.17) is 4.98 Å². The molecule has 30 heavy (non-hydrogen) atoms. The van der Waals surface area contributed by atoms with Gasteiger partial charge in [-0.1, -0.05) is 18.2 Å². The summed E-state index contributed by atoms with van der Waals surface area (Å²) in [6, 6.07) is 14.5. The van der Waals surface area contributed by atoms with E-state index in [1.807, 2.05) is 24.9 Å². The number of aryl methyl sites for hydroxylation is 2. The summed E-state index contributed by atoms with van der Waals surface area (Å²) in [5.74, 6) is 0.968. The molecule has 0 aliphatic carbocycles. The van der Waals surface area contributed by atoms with Gasteiger partial charge in [0.2, 0.25) is 0 Å². The molecule has 1 saturated heterocycles. The third-order valence-electron chi connectivity index (χ3n) is 5.76. The van der Waals surface area contributed by atoms with Crippen molar-refractivity contribution in [1.82, 2.24) is 19.7 Å². The molecule has 4 heterocycles. The van der Waals surface area contributed by atoms with E-state index in [2.05, 4.69) is 57.2 Å². The van der Waals surface area contributed by atoms with Gasteiger partial charge in [0.1, 0.15) is 5.82 Å². The van der Waals surface area contributed by atoms with Gasteiger partial charge in [-0.2, -0.15) is 16.4 Å². The number of hydrogen-bond acceptors (Lipinski definition) is 5. The normalized spacial score (nSPS) is 14.5. The minimum absolute atomic E-state index is 0.00423. The molecule has 6 nitrogen and oxygen atoms in total. The molecule has 152 valence electrons. The molecule has 5 rings (SSSR count). The van der Waals surface area contributed by atoms with Crippen molar-refractivity contribution in [2.24, 2.45) is 7.05 Å². The molecule has 1 aliphatic heterocycles. The zero-order valence-electron chi connectivity index (χ0n) is 17.1. The second-order valence-electron chi connectivity index (χ2n) is 7.63. The number of para-hydroxylation sites is 1. The molecular formula is C23H23N5OS. The van der Waals surface area contributed by atoms with Gasteiger partial charge in [0.15, 0.2) is 5.69 Å². The lowest BCUT2D eigenvalue weighted by molar-refractivity contribution is 0.0740. The lowest BCUT2D eigenvalue weighted by atomic mass is 10.0. The van der Waals surface area contributed by atoms with Gasteiger partial charge in [0, 0.05) is 49.9 Å². The zero-order valence-corrected chi connectivity index (χ0v) is 17.9. The molecule has 0 radical (unpaired) electrons. The van der Waals surface area contributed by atoms with Crippen LogP contribution >= 0.6 is 11.3 Å². The summed E-state index contributed by atoms with van der Waals surface area (Å²) in [4.78, 5) is 21.9. The highest BCUT2D eigenvalue weighted by Crippen LogP contribution is 2.30. The number of carbonyl (C=O) groups excluding carboxylic acids is 1. The summed E-state index contributed by atoms with van der Waals surface area (Å²) >= 11 is 1.70. The monoisotopic (exact) mass is 417 g/mol. The van der Waals surface area contributed by atoms with E-state index in [0.29, 0.717) is 18.8 Å². The Hall–Kier alpha value is -3.19. The molecule has 0 atom stereocenters. The van der Waals surface area contributed by atoms with Crippen molar-refractivity contribution in [2.75, 3.05) is 31.1 Å². The summed E-state index contributed by atoms with van der Waals surface area (Å²) in [7, 11) is 1.86. The predicted octanol–water partition coefficient (Wildman–Crippen LogP) is 3.97. The Balaban J connectivity index is 1.36. The maximum atomic E-state index is 12.8. The molecule has 0 bridgehead atoms. The Bertz CT molecular complexity index is 1190. The smallest absolute Gasteiger partial charge is 0.274 e. The Morgan fingerprint density at radius 2 is 1.90 bits per heavy atom. The molecule has 1 aromatic carbocycles. The second-order valence-corrected chi connectivity index (χ2v) is 8.41. The summed E-state index contributed by atoms with van der Waals surface area (Å²) in [5.41, 5.74) is 4.90. The Kier molecular flexibility index (Phi) is 4.75. The van der Waals surface area contributed by atoms with Gasteiger partial charge in [-0.15, -0.1) is 0 Å². The third-order valence-corrected chi connectivity index (χ3v) is 6.44. The van der Waals surface area contributed by atoms with Crippen LogP contribution in [0.2, 0.25) is 0 Å². The average molecular weight is 418 g/mol. The molecule has 0 unspecified atom stereocenters. The van der Waals surface area contributed by atoms with Crippen LogP contribution in [-0.4, -0.2) is 51.8 Å². The van der Waals surface area contributed by atoms with Gasteiger partial charge in [-0.05, 0) is 47.5 Å². The number of amides is 1. The van der Waals surface area contributed by atoms with Crippen molar-refractivity contribution in [3.8, 4) is 11.1 Å². The maximum absolute atomic E-state index is 12.8. The highest BCUT2D eigenvalue weighted by Gasteiger charge is 2.25. The summed E-state index contributed by atoms with van der Waals surface area (Å²) in [6.07, 6.45) is 0. The van der Waals surface area contributed by atoms with Gasteiger partial charge in [-0.25, -0.2) is 4.98 Å². The van der Waals surface area contributed by atoms with Gasteiger partial charge < -0.3 is 9.80 Å². The topological polar surface area (TPSA) is 54.3 Å². The van der Waals surface area contributed by atoms with Gasteiger partial charge >= 0.3 is 0 Å². The van der Waals surface area contributed by atoms with Crippen LogP contribution < -0.4 is 4.90 Å². The molecule has 0 spiro atoms. The van der Waals surface area contributed by atoms with Crippen LogP contribution in [0.3, 0.4) is 0 Å². The first-order valence-corrected chi connectivity index (χ1v) is 11.0. The molecule has 3 aromatic heterocycles. The lowest BCUT2D eigenvalue weighted by Crippen LogP contribution is -2.49. The van der Waals surface area contributed by atoms with E-state index in [1.54, 1.807) is 16.0 Å². The number of hydrogen-bond donors (Lipinski definition) is 0. The van der Waals surface area contributed by atoms with Crippen LogP contribution in [0.1, 0.15) is 16.2 Å². The quantitative estimate of drug-likeness (QED) is 0.506. The molecule has 1 fully saturated rings. The molecular weight excluding hydrogens is 394 g/mol. The summed E-state index contributed by atoms with van der Waals surface area (Å²) < 4.78 is 1.74. The van der Waals surface area contributed by atoms with Gasteiger partial charge in [-0.3, -0.25) is 9.48 Å². The van der Waals surface area contributed by atoms with Crippen molar-refractivity contribution in [2.45, 2.75) is 6.92 Å². The number of nitrogens with zero attached hydrogens (tertiary/aromatic N) is 5. The van der Waals surface area contributed by atoms with E-state index >= 15 is 0 Å². The number of benzene rings is 1. The molecule has 0 saturated carbocycles. The molecule has 0 N–H and O–H groups in total. The summed E-state index contributed by atoms with van der Waals surface area (Å²) in [5, 5.41) is 9.73. The van der Waals surface area contributed by atoms with Crippen LogP contribution in [0.5, 0.6) is 0 Å². The highest BCUT2D eigenvalue weighted by atomic mass is 32.1. The van der Waals surface area contributed by atoms with Crippen molar-refractivity contribution >= 4 is 34.0 Å². The average Bonchev–Trinajstić information content (AvgIpc) is 3.43. The number of carbonyl (C=O) groups is 1. The van der Waals surface area contributed by atoms with E-state index < -0.39 is 0 Å². The maximum Gasteiger partial charge on any atom is 0.274 e. The molecule has 1 amide bonds. The lowest BCUT2D eigenvalue weighted by Gasteiger charge is -2.35. The van der Waals surface area contributed by atoms with Crippen LogP contribution in [0.15, 0.2) is 53.2 Å². The molecule has 7 heteroatoms. The first-order valence-electron chi connectivity index (χ1n) is 10.1. The van der Waals surface area contributed by atoms with E-state index in [-0.39, 0.29) is 5.91 Å². The van der Waals surface area contributed by atoms with Crippen molar-refractivity contribution in [3.63, 3.8) is 0 Å². The van der Waals surface area contributed by atoms with Crippen LogP contribution in [0, 0.1) is 6.92 Å². The SMILES string of the molecule is Cc1cc(C(=O)N2CCN(c3ccc4cccc(-c5ccsc5)c4n3)CC2)nn1C. The minimum atomic E-state index is 0.00423. The Morgan fingerprint density at radius 1 is 1.07 bits per heavy atom. The highest BCUT2D eigenvalue weighted by molar-refractivity contribution is 7.08. The van der Waals surface area contributed by atoms with Gasteiger partial charge in [0.25, 0.3) is 5.91 Å². The number of piperazine rings is 1. The van der Waals surface area contributed by atoms with Crippen LogP contribution in [-0.2, 0) is 7.05 Å². The van der Waals surface area contributed by atoms with Crippen LogP contribution in [0.4, 0.5) is 5.82 Å². The van der Waals surface area contributed by atoms with Crippen LogP contribution in [0.25, 0.3) is 22.0 Å². The zero-order chi connectivity index (χ0) is 20.7. The standard InChI is InChI=1S/C23H23N5OS/c1-16-14-20(25-26(16)2)23(29)28-11-9-27(10-12-28)21-7-6-17-4-3-5-19(22(17)24-21)18-8-13-30-15-18/h3-8,13-15H,9-12H2,1-2H3. The number of rotatable bonds is 3. The van der Waals surface area contributed by atoms with E-state index in [1.165, 1.54) is 5.56 Å². The fourth-order valence-corrected chi connectivity index (χ4v) is 4.59. The minimum Gasteiger partial charge on any atom is -0.353 e.